The molecule has 0 saturated carbocycles. The zero-order valence-electron chi connectivity index (χ0n) is 10.4. The molecule has 94 valence electrons. The van der Waals surface area contributed by atoms with Crippen LogP contribution in [0.2, 0.25) is 0 Å². The fraction of sp³-hybridized carbons (Fsp3) is 0.462. The van der Waals surface area contributed by atoms with Crippen LogP contribution in [0.15, 0.2) is 24.3 Å². The summed E-state index contributed by atoms with van der Waals surface area (Å²) in [4.78, 5) is 11.5. The quantitative estimate of drug-likeness (QED) is 0.465. The lowest BCUT2D eigenvalue weighted by molar-refractivity contribution is 0.0953. The van der Waals surface area contributed by atoms with Crippen molar-refractivity contribution in [2.24, 2.45) is 11.8 Å². The Hall–Kier alpha value is -1.00. The van der Waals surface area contributed by atoms with Crippen molar-refractivity contribution < 1.29 is 4.79 Å². The maximum Gasteiger partial charge on any atom is 0.265 e. The zero-order chi connectivity index (χ0) is 12.7. The Morgan fingerprint density at radius 3 is 2.82 bits per heavy atom. The van der Waals surface area contributed by atoms with Gasteiger partial charge in [-0.25, -0.2) is 5.84 Å². The van der Waals surface area contributed by atoms with Gasteiger partial charge in [0.1, 0.15) is 0 Å². The molecule has 0 heterocycles. The van der Waals surface area contributed by atoms with Crippen molar-refractivity contribution in [1.29, 1.82) is 0 Å². The Bertz CT molecular complexity index is 368. The van der Waals surface area contributed by atoms with Crippen molar-refractivity contribution in [3.05, 3.63) is 35.4 Å². The second-order valence-corrected chi connectivity index (χ2v) is 5.19. The number of hydrazine groups is 1. The number of hydrogen-bond donors (Lipinski definition) is 2. The number of carbonyl (C=O) groups is 1. The molecule has 1 atom stereocenters. The molecule has 0 aromatic heterocycles. The molecule has 1 amide bonds. The van der Waals surface area contributed by atoms with Gasteiger partial charge in [0.2, 0.25) is 0 Å². The molecule has 0 saturated heterocycles. The number of benzene rings is 1. The van der Waals surface area contributed by atoms with Gasteiger partial charge >= 0.3 is 0 Å². The van der Waals surface area contributed by atoms with E-state index in [1.165, 1.54) is 6.42 Å². The molecule has 1 unspecified atom stereocenters. The van der Waals surface area contributed by atoms with Gasteiger partial charge in [0.25, 0.3) is 5.91 Å². The van der Waals surface area contributed by atoms with Crippen molar-refractivity contribution in [2.75, 3.05) is 5.75 Å². The Labute approximate surface area is 107 Å². The first kappa shape index (κ1) is 14.1. The predicted molar refractivity (Wildman–Crippen MR) is 73.7 cm³/mol. The van der Waals surface area contributed by atoms with Crippen molar-refractivity contribution in [2.45, 2.75) is 26.0 Å². The summed E-state index contributed by atoms with van der Waals surface area (Å²) >= 11 is 1.86. The fourth-order valence-electron chi connectivity index (χ4n) is 1.43. The number of nitrogen functional groups attached to an aromatic ring is 1. The largest absolute Gasteiger partial charge is 0.290 e. The minimum absolute atomic E-state index is 0.218. The first-order valence-electron chi connectivity index (χ1n) is 5.85. The van der Waals surface area contributed by atoms with E-state index in [9.17, 15) is 4.79 Å². The number of nitrogens with one attached hydrogen (secondary N) is 1. The minimum Gasteiger partial charge on any atom is -0.290 e. The molecule has 1 aromatic carbocycles. The van der Waals surface area contributed by atoms with E-state index in [1.54, 1.807) is 6.07 Å². The first-order chi connectivity index (χ1) is 8.19. The van der Waals surface area contributed by atoms with Gasteiger partial charge in [0, 0.05) is 11.3 Å². The van der Waals surface area contributed by atoms with Crippen LogP contribution in [0.25, 0.3) is 0 Å². The van der Waals surface area contributed by atoms with Crippen LogP contribution in [0.3, 0.4) is 0 Å². The normalized spacial score (nSPS) is 12.2. The summed E-state index contributed by atoms with van der Waals surface area (Å²) in [6, 6.07) is 7.59. The highest BCUT2D eigenvalue weighted by atomic mass is 32.2. The number of carbonyl (C=O) groups excluding carboxylic acids is 1. The smallest absolute Gasteiger partial charge is 0.265 e. The average molecular weight is 252 g/mol. The third kappa shape index (κ3) is 4.40. The third-order valence-electron chi connectivity index (χ3n) is 2.75. The number of rotatable bonds is 6. The van der Waals surface area contributed by atoms with E-state index in [0.29, 0.717) is 5.56 Å². The highest BCUT2D eigenvalue weighted by Crippen LogP contribution is 2.19. The van der Waals surface area contributed by atoms with Crippen LogP contribution in [0.5, 0.6) is 0 Å². The molecule has 3 nitrogen and oxygen atoms in total. The Morgan fingerprint density at radius 2 is 2.18 bits per heavy atom. The lowest BCUT2D eigenvalue weighted by Gasteiger charge is -2.10. The predicted octanol–water partition coefficient (Wildman–Crippen LogP) is 2.57. The SMILES string of the molecule is CCC(C)CSCc1ccccc1C(=O)NN. The van der Waals surface area contributed by atoms with Crippen molar-refractivity contribution in [3.8, 4) is 0 Å². The number of nitrogens with two attached hydrogens (primary N) is 1. The van der Waals surface area contributed by atoms with Crippen LogP contribution in [0.4, 0.5) is 0 Å². The second kappa shape index (κ2) is 7.35. The van der Waals surface area contributed by atoms with E-state index in [1.807, 2.05) is 30.0 Å². The lowest BCUT2D eigenvalue weighted by atomic mass is 10.1. The Balaban J connectivity index is 2.61. The van der Waals surface area contributed by atoms with E-state index < -0.39 is 0 Å². The van der Waals surface area contributed by atoms with Crippen LogP contribution < -0.4 is 11.3 Å². The molecule has 0 aliphatic rings. The van der Waals surface area contributed by atoms with E-state index in [-0.39, 0.29) is 5.91 Å². The molecule has 0 aliphatic carbocycles. The zero-order valence-corrected chi connectivity index (χ0v) is 11.2. The topological polar surface area (TPSA) is 55.1 Å². The lowest BCUT2D eigenvalue weighted by Crippen LogP contribution is -2.30. The molecule has 4 heteroatoms. The molecule has 0 spiro atoms. The summed E-state index contributed by atoms with van der Waals surface area (Å²) in [7, 11) is 0. The van der Waals surface area contributed by atoms with Crippen molar-refractivity contribution in [1.82, 2.24) is 5.43 Å². The number of amides is 1. The molecular weight excluding hydrogens is 232 g/mol. The second-order valence-electron chi connectivity index (χ2n) is 4.16. The molecule has 17 heavy (non-hydrogen) atoms. The highest BCUT2D eigenvalue weighted by molar-refractivity contribution is 7.98. The summed E-state index contributed by atoms with van der Waals surface area (Å²) in [5.74, 6) is 7.64. The molecule has 1 rings (SSSR count). The summed E-state index contributed by atoms with van der Waals surface area (Å²) in [5, 5.41) is 0. The summed E-state index contributed by atoms with van der Waals surface area (Å²) in [6.45, 7) is 4.44. The summed E-state index contributed by atoms with van der Waals surface area (Å²) < 4.78 is 0. The van der Waals surface area contributed by atoms with Gasteiger partial charge in [-0.1, -0.05) is 38.5 Å². The first-order valence-corrected chi connectivity index (χ1v) is 7.01. The number of thioether (sulfide) groups is 1. The van der Waals surface area contributed by atoms with Crippen LogP contribution >= 0.6 is 11.8 Å². The molecular formula is C13H20N2OS. The molecule has 3 N–H and O–H groups in total. The van der Waals surface area contributed by atoms with Crippen LogP contribution in [0, 0.1) is 5.92 Å². The maximum absolute atomic E-state index is 11.5. The van der Waals surface area contributed by atoms with E-state index in [0.717, 1.165) is 23.0 Å². The van der Waals surface area contributed by atoms with Gasteiger partial charge in [-0.15, -0.1) is 0 Å². The standard InChI is InChI=1S/C13H20N2OS/c1-3-10(2)8-17-9-11-6-4-5-7-12(11)13(16)15-14/h4-7,10H,3,8-9,14H2,1-2H3,(H,15,16). The summed E-state index contributed by atoms with van der Waals surface area (Å²) in [5.41, 5.74) is 3.90. The maximum atomic E-state index is 11.5. The highest BCUT2D eigenvalue weighted by Gasteiger charge is 2.09. The monoisotopic (exact) mass is 252 g/mol. The van der Waals surface area contributed by atoms with Crippen LogP contribution in [0.1, 0.15) is 36.2 Å². The van der Waals surface area contributed by atoms with Crippen molar-refractivity contribution >= 4 is 17.7 Å². The van der Waals surface area contributed by atoms with Gasteiger partial charge in [-0.05, 0) is 23.3 Å². The molecule has 0 fully saturated rings. The van der Waals surface area contributed by atoms with Crippen molar-refractivity contribution in [3.63, 3.8) is 0 Å². The van der Waals surface area contributed by atoms with E-state index >= 15 is 0 Å². The van der Waals surface area contributed by atoms with Gasteiger partial charge in [0.05, 0.1) is 0 Å². The molecule has 1 aromatic rings. The van der Waals surface area contributed by atoms with Gasteiger partial charge in [0.15, 0.2) is 0 Å². The molecule has 0 bridgehead atoms. The average Bonchev–Trinajstić information content (AvgIpc) is 2.38. The van der Waals surface area contributed by atoms with E-state index in [2.05, 4.69) is 19.3 Å². The van der Waals surface area contributed by atoms with Gasteiger partial charge in [-0.2, -0.15) is 11.8 Å². The van der Waals surface area contributed by atoms with Gasteiger partial charge < -0.3 is 0 Å². The Kier molecular flexibility index (Phi) is 6.08. The molecule has 0 radical (unpaired) electrons. The minimum atomic E-state index is -0.218. The summed E-state index contributed by atoms with van der Waals surface area (Å²) in [6.07, 6.45) is 1.19. The third-order valence-corrected chi connectivity index (χ3v) is 4.07. The van der Waals surface area contributed by atoms with Crippen LogP contribution in [-0.4, -0.2) is 11.7 Å². The van der Waals surface area contributed by atoms with Gasteiger partial charge in [-0.3, -0.25) is 10.2 Å². The van der Waals surface area contributed by atoms with Crippen LogP contribution in [-0.2, 0) is 5.75 Å². The van der Waals surface area contributed by atoms with E-state index in [4.69, 9.17) is 5.84 Å². The number of hydrogen-bond acceptors (Lipinski definition) is 3. The molecule has 0 aliphatic heterocycles. The fourth-order valence-corrected chi connectivity index (χ4v) is 2.66. The Morgan fingerprint density at radius 1 is 1.47 bits per heavy atom.